The van der Waals surface area contributed by atoms with E-state index in [-0.39, 0.29) is 0 Å². The van der Waals surface area contributed by atoms with E-state index in [9.17, 15) is 0 Å². The van der Waals surface area contributed by atoms with E-state index >= 15 is 0 Å². The topological polar surface area (TPSA) is 0 Å². The van der Waals surface area contributed by atoms with Gasteiger partial charge in [0.25, 0.3) is 0 Å². The van der Waals surface area contributed by atoms with Gasteiger partial charge in [-0.05, 0) is 0 Å². The number of hydrogen-bond donors (Lipinski definition) is 0. The van der Waals surface area contributed by atoms with Gasteiger partial charge in [0.1, 0.15) is 0 Å². The molecule has 0 aliphatic carbocycles. The maximum absolute atomic E-state index is 2.30. The fourth-order valence-electron chi connectivity index (χ4n) is 1.22. The van der Waals surface area contributed by atoms with Crippen molar-refractivity contribution in [1.82, 2.24) is 0 Å². The summed E-state index contributed by atoms with van der Waals surface area (Å²) in [5.41, 5.74) is 0. The summed E-state index contributed by atoms with van der Waals surface area (Å²) in [6.45, 7) is 2.28. The Balaban J connectivity index is 2.28. The molecule has 0 nitrogen and oxygen atoms in total. The van der Waals surface area contributed by atoms with Crippen molar-refractivity contribution in [2.75, 3.05) is 0 Å². The third-order valence-corrected chi connectivity index (χ3v) is 9.31. The molecule has 0 fully saturated rings. The summed E-state index contributed by atoms with van der Waals surface area (Å²) in [4.78, 5) is 0. The molecule has 0 aliphatic heterocycles. The second-order valence-corrected chi connectivity index (χ2v) is 10.8. The van der Waals surface area contributed by atoms with Gasteiger partial charge < -0.3 is 0 Å². The summed E-state index contributed by atoms with van der Waals surface area (Å²) in [7, 11) is 0. The number of rotatable bonds is 4. The molecule has 0 N–H and O–H groups in total. The van der Waals surface area contributed by atoms with Crippen LogP contribution in [0.5, 0.6) is 0 Å². The van der Waals surface area contributed by atoms with Crippen molar-refractivity contribution in [3.05, 3.63) is 30.3 Å². The third kappa shape index (κ3) is 3.90. The molecule has 0 unspecified atom stereocenters. The summed E-state index contributed by atoms with van der Waals surface area (Å²) in [6.07, 6.45) is 2.82. The zero-order valence-corrected chi connectivity index (χ0v) is 12.7. The molecule has 1 aromatic carbocycles. The predicted octanol–water partition coefficient (Wildman–Crippen LogP) is 2.61. The first-order chi connectivity index (χ1) is 5.43. The Hall–Kier alpha value is 0.155. The Morgan fingerprint density at radius 2 is 1.91 bits per heavy atom. The second-order valence-electron chi connectivity index (χ2n) is 2.94. The van der Waals surface area contributed by atoms with Crippen molar-refractivity contribution >= 4 is 3.07 Å². The standard InChI is InChI=1S/C6H5.C4H9.Hg/c1-2-4-6-5-3-1;1-3-4-2;/h1-5H;1,3-4H2,2H3;. The van der Waals surface area contributed by atoms with Gasteiger partial charge in [-0.1, -0.05) is 0 Å². The molecule has 56 valence electrons. The molecule has 0 amide bonds. The molecule has 11 heavy (non-hydrogen) atoms. The normalized spacial score (nSPS) is 9.18. The van der Waals surface area contributed by atoms with Crippen molar-refractivity contribution in [3.8, 4) is 0 Å². The van der Waals surface area contributed by atoms with E-state index in [1.165, 1.54) is 12.8 Å². The van der Waals surface area contributed by atoms with E-state index in [0.29, 0.717) is 0 Å². The van der Waals surface area contributed by atoms with E-state index in [2.05, 4.69) is 37.3 Å². The molecular formula is C10H14Hg. The Bertz CT molecular complexity index is 181. The maximum atomic E-state index is 2.30. The van der Waals surface area contributed by atoms with Crippen LogP contribution in [0.1, 0.15) is 19.8 Å². The van der Waals surface area contributed by atoms with Gasteiger partial charge >= 0.3 is 81.7 Å². The first-order valence-corrected chi connectivity index (χ1v) is 11.1. The molecule has 1 rings (SSSR count). The molecule has 1 heteroatoms. The SMILES string of the molecule is CCC[CH2][Hg][c]1ccccc1. The number of unbranched alkanes of at least 4 members (excludes halogenated alkanes) is 1. The summed E-state index contributed by atoms with van der Waals surface area (Å²) in [5.74, 6) is 0. The third-order valence-electron chi connectivity index (χ3n) is 1.91. The fourth-order valence-corrected chi connectivity index (χ4v) is 8.08. The summed E-state index contributed by atoms with van der Waals surface area (Å²) >= 11 is -0.623. The van der Waals surface area contributed by atoms with Crippen LogP contribution >= 0.6 is 0 Å². The first-order valence-electron chi connectivity index (χ1n) is 4.47. The van der Waals surface area contributed by atoms with Crippen molar-refractivity contribution in [2.24, 2.45) is 0 Å². The van der Waals surface area contributed by atoms with Gasteiger partial charge in [-0.3, -0.25) is 0 Å². The van der Waals surface area contributed by atoms with E-state index < -0.39 is 24.6 Å². The van der Waals surface area contributed by atoms with Gasteiger partial charge in [0, 0.05) is 0 Å². The minimum atomic E-state index is -0.623. The Morgan fingerprint density at radius 1 is 1.18 bits per heavy atom. The molecule has 0 saturated carbocycles. The summed E-state index contributed by atoms with van der Waals surface area (Å²) in [6, 6.07) is 11.0. The van der Waals surface area contributed by atoms with Crippen LogP contribution < -0.4 is 3.07 Å². The number of benzene rings is 1. The van der Waals surface area contributed by atoms with Crippen LogP contribution in [0.15, 0.2) is 30.3 Å². The Morgan fingerprint density at radius 3 is 2.55 bits per heavy atom. The van der Waals surface area contributed by atoms with E-state index in [0.717, 1.165) is 0 Å². The van der Waals surface area contributed by atoms with Crippen LogP contribution in [0.2, 0.25) is 3.93 Å². The Labute approximate surface area is 81.4 Å². The molecule has 0 heterocycles. The molecule has 0 spiro atoms. The quantitative estimate of drug-likeness (QED) is 0.586. The van der Waals surface area contributed by atoms with Crippen LogP contribution in [0, 0.1) is 0 Å². The molecule has 0 radical (unpaired) electrons. The van der Waals surface area contributed by atoms with Gasteiger partial charge in [0.05, 0.1) is 0 Å². The average Bonchev–Trinajstić information content (AvgIpc) is 2.07. The number of hydrogen-bond acceptors (Lipinski definition) is 0. The molecule has 0 saturated heterocycles. The second kappa shape index (κ2) is 5.76. The van der Waals surface area contributed by atoms with Gasteiger partial charge in [0.2, 0.25) is 0 Å². The molecule has 0 aliphatic rings. The zero-order valence-electron chi connectivity index (χ0n) is 7.22. The van der Waals surface area contributed by atoms with E-state index in [1.54, 1.807) is 7.00 Å². The van der Waals surface area contributed by atoms with Crippen molar-refractivity contribution in [3.63, 3.8) is 0 Å². The van der Waals surface area contributed by atoms with Crippen LogP contribution in [-0.2, 0) is 24.6 Å². The molecule has 0 aromatic heterocycles. The molecule has 0 atom stereocenters. The minimum absolute atomic E-state index is 0.623. The monoisotopic (exact) mass is 336 g/mol. The van der Waals surface area contributed by atoms with Crippen molar-refractivity contribution < 1.29 is 24.6 Å². The fraction of sp³-hybridized carbons (Fsp3) is 0.400. The summed E-state index contributed by atoms with van der Waals surface area (Å²) in [5, 5.41) is 0. The van der Waals surface area contributed by atoms with Gasteiger partial charge in [0.15, 0.2) is 0 Å². The first kappa shape index (κ1) is 9.24. The van der Waals surface area contributed by atoms with Crippen molar-refractivity contribution in [2.45, 2.75) is 23.7 Å². The van der Waals surface area contributed by atoms with E-state index in [1.807, 2.05) is 0 Å². The van der Waals surface area contributed by atoms with Gasteiger partial charge in [-0.2, -0.15) is 0 Å². The zero-order chi connectivity index (χ0) is 7.94. The molecular weight excluding hydrogens is 321 g/mol. The summed E-state index contributed by atoms with van der Waals surface area (Å²) < 4.78 is 3.25. The average molecular weight is 335 g/mol. The molecule has 1 aromatic rings. The van der Waals surface area contributed by atoms with Crippen molar-refractivity contribution in [1.29, 1.82) is 0 Å². The van der Waals surface area contributed by atoms with Crippen LogP contribution in [0.4, 0.5) is 0 Å². The van der Waals surface area contributed by atoms with E-state index in [4.69, 9.17) is 0 Å². The predicted molar refractivity (Wildman–Crippen MR) is 45.8 cm³/mol. The molecule has 0 bridgehead atoms. The Kier molecular flexibility index (Phi) is 4.84. The van der Waals surface area contributed by atoms with Crippen LogP contribution in [0.25, 0.3) is 0 Å². The van der Waals surface area contributed by atoms with Crippen LogP contribution in [0.3, 0.4) is 0 Å². The van der Waals surface area contributed by atoms with Crippen LogP contribution in [-0.4, -0.2) is 0 Å². The van der Waals surface area contributed by atoms with Gasteiger partial charge in [-0.25, -0.2) is 0 Å². The van der Waals surface area contributed by atoms with Gasteiger partial charge in [-0.15, -0.1) is 0 Å².